The van der Waals surface area contributed by atoms with Crippen LogP contribution in [-0.2, 0) is 26.3 Å². The summed E-state index contributed by atoms with van der Waals surface area (Å²) in [7, 11) is -4.36. The molecule has 0 spiro atoms. The number of rotatable bonds is 12. The van der Waals surface area contributed by atoms with Gasteiger partial charge in [-0.1, -0.05) is 12.1 Å². The Hall–Kier alpha value is -6.31. The van der Waals surface area contributed by atoms with E-state index in [2.05, 4.69) is 31.2 Å². The lowest BCUT2D eigenvalue weighted by atomic mass is 9.81. The Labute approximate surface area is 372 Å². The van der Waals surface area contributed by atoms with Crippen molar-refractivity contribution in [3.63, 3.8) is 0 Å². The highest BCUT2D eigenvalue weighted by Gasteiger charge is 2.40. The first-order valence-electron chi connectivity index (χ1n) is 21.7. The fourth-order valence-electron chi connectivity index (χ4n) is 9.58. The summed E-state index contributed by atoms with van der Waals surface area (Å²) in [5, 5.41) is 2.66. The number of alkyl halides is 1. The average molecular weight is 911 g/mol. The van der Waals surface area contributed by atoms with E-state index < -0.39 is 63.5 Å². The van der Waals surface area contributed by atoms with Crippen LogP contribution in [0.5, 0.6) is 5.75 Å². The second-order valence-electron chi connectivity index (χ2n) is 17.4. The first-order valence-corrected chi connectivity index (χ1v) is 23.2. The maximum absolute atomic E-state index is 15.7. The van der Waals surface area contributed by atoms with Gasteiger partial charge in [0.15, 0.2) is 5.82 Å². The van der Waals surface area contributed by atoms with Gasteiger partial charge >= 0.3 is 10.2 Å². The number of carbonyl (C=O) groups excluding carboxylic acids is 4. The number of fused-ring (bicyclic) bond motifs is 2. The molecular weight excluding hydrogens is 866 g/mol. The maximum atomic E-state index is 15.7. The van der Waals surface area contributed by atoms with Gasteiger partial charge in [-0.2, -0.15) is 12.7 Å². The quantitative estimate of drug-likeness (QED) is 0.112. The molecule has 3 aromatic carbocycles. The number of nitrogens with one attached hydrogen (secondary N) is 3. The standard InChI is InChI=1S/C46H45F3N8O7S/c47-30-11-12-56(25-30)65(62,63)53-38-8-7-37(48)41(42(38)49)43(59)36-22-51-44-35(36)20-28(21-50-44)27-1-4-32(5-2-27)64-33-17-26(18-33)23-54-13-15-55(16-14-54)31-3-6-34-29(19-31)24-57(46(34)61)39-9-10-40(58)52-45(39)60/h1-8,19-22,26,30,33,39,53H,9-18,23-25H2,(H,50,51)(H,52,58,60)/t26-,30-,33-,39?/m1/s1. The minimum Gasteiger partial charge on any atom is -0.490 e. The highest BCUT2D eigenvalue weighted by atomic mass is 32.2. The molecular formula is C46H45F3N8O7S. The zero-order valence-electron chi connectivity index (χ0n) is 35.1. The highest BCUT2D eigenvalue weighted by molar-refractivity contribution is 7.90. The van der Waals surface area contributed by atoms with Gasteiger partial charge in [0.1, 0.15) is 29.4 Å². The lowest BCUT2D eigenvalue weighted by Gasteiger charge is -2.42. The molecule has 2 atom stereocenters. The van der Waals surface area contributed by atoms with Crippen LogP contribution < -0.4 is 19.7 Å². The van der Waals surface area contributed by atoms with Gasteiger partial charge in [0.05, 0.1) is 17.4 Å². The molecule has 3 N–H and O–H groups in total. The van der Waals surface area contributed by atoms with Crippen molar-refractivity contribution in [3.8, 4) is 16.9 Å². The van der Waals surface area contributed by atoms with Gasteiger partial charge in [-0.15, -0.1) is 0 Å². The number of piperazine rings is 1. The molecule has 19 heteroatoms. The van der Waals surface area contributed by atoms with E-state index in [1.54, 1.807) is 17.2 Å². The van der Waals surface area contributed by atoms with Gasteiger partial charge in [-0.25, -0.2) is 18.2 Å². The number of halogens is 3. The van der Waals surface area contributed by atoms with Crippen molar-refractivity contribution in [3.05, 3.63) is 107 Å². The number of ether oxygens (including phenoxy) is 1. The largest absolute Gasteiger partial charge is 0.490 e. The molecule has 0 radical (unpaired) electrons. The lowest BCUT2D eigenvalue weighted by molar-refractivity contribution is -0.136. The number of pyridine rings is 1. The summed E-state index contributed by atoms with van der Waals surface area (Å²) in [6.07, 6.45) is 4.08. The van der Waals surface area contributed by atoms with Crippen molar-refractivity contribution < 1.29 is 45.5 Å². The number of nitrogens with zero attached hydrogens (tertiary/aromatic N) is 5. The average Bonchev–Trinajstić information content (AvgIpc) is 4.01. The summed E-state index contributed by atoms with van der Waals surface area (Å²) < 4.78 is 79.3. The van der Waals surface area contributed by atoms with Crippen LogP contribution in [0.1, 0.15) is 63.9 Å². The summed E-state index contributed by atoms with van der Waals surface area (Å²) in [5.41, 5.74) is 2.64. The number of hydrogen-bond donors (Lipinski definition) is 3. The zero-order valence-corrected chi connectivity index (χ0v) is 35.9. The number of H-pyrrole nitrogens is 1. The third-order valence-corrected chi connectivity index (χ3v) is 14.7. The van der Waals surface area contributed by atoms with E-state index in [0.717, 1.165) is 78.8 Å². The molecule has 3 amide bonds. The molecule has 10 rings (SSSR count). The molecule has 1 saturated carbocycles. The minimum atomic E-state index is -4.36. The number of ketones is 1. The molecule has 15 nitrogen and oxygen atoms in total. The summed E-state index contributed by atoms with van der Waals surface area (Å²) in [5.74, 6) is -3.25. The van der Waals surface area contributed by atoms with Crippen LogP contribution in [0.15, 0.2) is 73.1 Å². The van der Waals surface area contributed by atoms with Gasteiger partial charge < -0.3 is 19.5 Å². The number of imide groups is 1. The van der Waals surface area contributed by atoms with Gasteiger partial charge in [0.25, 0.3) is 5.91 Å². The minimum absolute atomic E-state index is 0.000481. The predicted octanol–water partition coefficient (Wildman–Crippen LogP) is 5.18. The molecule has 1 aliphatic carbocycles. The Bertz CT molecular complexity index is 2850. The Morgan fingerprint density at radius 1 is 0.923 bits per heavy atom. The van der Waals surface area contributed by atoms with Crippen molar-refractivity contribution in [1.82, 2.24) is 29.4 Å². The molecule has 5 aliphatic rings. The van der Waals surface area contributed by atoms with Crippen LogP contribution in [0, 0.1) is 17.6 Å². The first-order chi connectivity index (χ1) is 31.3. The summed E-state index contributed by atoms with van der Waals surface area (Å²) >= 11 is 0. The normalized spacial score (nSPS) is 22.8. The summed E-state index contributed by atoms with van der Waals surface area (Å²) in [6.45, 7) is 4.38. The highest BCUT2D eigenvalue weighted by Crippen LogP contribution is 2.36. The number of carbonyl (C=O) groups is 4. The van der Waals surface area contributed by atoms with Gasteiger partial charge in [-0.05, 0) is 91.3 Å². The van der Waals surface area contributed by atoms with E-state index in [0.29, 0.717) is 46.8 Å². The van der Waals surface area contributed by atoms with E-state index >= 15 is 8.78 Å². The van der Waals surface area contributed by atoms with Crippen molar-refractivity contribution in [2.24, 2.45) is 5.92 Å². The third kappa shape index (κ3) is 8.31. The number of hydrogen-bond acceptors (Lipinski definition) is 10. The Morgan fingerprint density at radius 3 is 2.45 bits per heavy atom. The third-order valence-electron chi connectivity index (χ3n) is 13.2. The zero-order chi connectivity index (χ0) is 45.1. The molecule has 4 fully saturated rings. The van der Waals surface area contributed by atoms with E-state index in [1.807, 2.05) is 41.1 Å². The second kappa shape index (κ2) is 16.9. The molecule has 65 heavy (non-hydrogen) atoms. The maximum Gasteiger partial charge on any atom is 0.301 e. The number of anilines is 2. The van der Waals surface area contributed by atoms with Gasteiger partial charge in [0.2, 0.25) is 17.6 Å². The fraction of sp³-hybridized carbons (Fsp3) is 0.370. The molecule has 6 heterocycles. The van der Waals surface area contributed by atoms with Crippen LogP contribution in [0.2, 0.25) is 0 Å². The van der Waals surface area contributed by atoms with Gasteiger partial charge in [-0.3, -0.25) is 34.1 Å². The number of piperidine rings is 1. The topological polar surface area (TPSA) is 177 Å². The summed E-state index contributed by atoms with van der Waals surface area (Å²) in [4.78, 5) is 64.6. The van der Waals surface area contributed by atoms with E-state index in [1.165, 1.54) is 6.20 Å². The smallest absolute Gasteiger partial charge is 0.301 e. The second-order valence-corrected chi connectivity index (χ2v) is 19.1. The summed E-state index contributed by atoms with van der Waals surface area (Å²) in [6, 6.07) is 16.1. The Morgan fingerprint density at radius 2 is 1.71 bits per heavy atom. The van der Waals surface area contributed by atoms with Crippen molar-refractivity contribution in [2.45, 2.75) is 57.0 Å². The van der Waals surface area contributed by atoms with E-state index in [9.17, 15) is 32.0 Å². The number of aromatic amines is 1. The molecule has 0 bridgehead atoms. The predicted molar refractivity (Wildman–Crippen MR) is 233 cm³/mol. The molecule has 3 saturated heterocycles. The molecule has 338 valence electrons. The number of amides is 3. The van der Waals surface area contributed by atoms with Crippen LogP contribution in [0.3, 0.4) is 0 Å². The molecule has 1 unspecified atom stereocenters. The Kier molecular flexibility index (Phi) is 11.1. The SMILES string of the molecule is O=C1CCC(N2Cc3cc(N4CCN(C[C@H]5C[C@H](Oc6ccc(-c7cnc8[nH]cc(C(=O)c9c(F)ccc(NS(=O)(=O)N%10CC[C@@H](F)C%10)c9F)c8c7)cc6)C5)CC4)ccc3C2=O)C(=O)N1. The van der Waals surface area contributed by atoms with E-state index in [-0.39, 0.29) is 42.9 Å². The van der Waals surface area contributed by atoms with Crippen LogP contribution in [-0.4, -0.2) is 120 Å². The van der Waals surface area contributed by atoms with Gasteiger partial charge in [0, 0.05) is 98.9 Å². The van der Waals surface area contributed by atoms with Crippen molar-refractivity contribution in [1.29, 1.82) is 0 Å². The number of benzene rings is 3. The fourth-order valence-corrected chi connectivity index (χ4v) is 10.9. The molecule has 2 aromatic heterocycles. The van der Waals surface area contributed by atoms with Crippen molar-refractivity contribution >= 4 is 56.1 Å². The van der Waals surface area contributed by atoms with Crippen LogP contribution >= 0.6 is 0 Å². The van der Waals surface area contributed by atoms with Crippen LogP contribution in [0.4, 0.5) is 24.5 Å². The molecule has 5 aromatic rings. The van der Waals surface area contributed by atoms with Crippen molar-refractivity contribution in [2.75, 3.05) is 55.4 Å². The molecule has 4 aliphatic heterocycles. The lowest BCUT2D eigenvalue weighted by Crippen LogP contribution is -2.52. The first kappa shape index (κ1) is 42.6. The number of aromatic nitrogens is 2. The van der Waals surface area contributed by atoms with E-state index in [4.69, 9.17) is 4.74 Å². The monoisotopic (exact) mass is 910 g/mol. The van der Waals surface area contributed by atoms with Crippen LogP contribution in [0.25, 0.3) is 22.2 Å². The Balaban J connectivity index is 0.716.